The van der Waals surface area contributed by atoms with E-state index in [9.17, 15) is 4.79 Å². The van der Waals surface area contributed by atoms with Gasteiger partial charge >= 0.3 is 5.97 Å². The Hall–Kier alpha value is -2.14. The van der Waals surface area contributed by atoms with Crippen LogP contribution in [0.25, 0.3) is 11.3 Å². The van der Waals surface area contributed by atoms with E-state index >= 15 is 0 Å². The molecule has 2 heterocycles. The molecule has 5 heteroatoms. The molecule has 5 nitrogen and oxygen atoms in total. The summed E-state index contributed by atoms with van der Waals surface area (Å²) in [6, 6.07) is 9.77. The minimum atomic E-state index is -0.165. The molecule has 2 aromatic rings. The predicted molar refractivity (Wildman–Crippen MR) is 86.6 cm³/mol. The van der Waals surface area contributed by atoms with Crippen LogP contribution in [0.5, 0.6) is 0 Å². The molecule has 1 aliphatic rings. The van der Waals surface area contributed by atoms with Crippen LogP contribution in [0.1, 0.15) is 31.7 Å². The summed E-state index contributed by atoms with van der Waals surface area (Å²) in [5.74, 6) is 0.656. The molecule has 1 saturated heterocycles. The molecular formula is C18H22N2O3. The highest BCUT2D eigenvalue weighted by Gasteiger charge is 2.30. The van der Waals surface area contributed by atoms with Crippen LogP contribution in [0.3, 0.4) is 0 Å². The summed E-state index contributed by atoms with van der Waals surface area (Å²) in [5.41, 5.74) is 2.01. The summed E-state index contributed by atoms with van der Waals surface area (Å²) < 4.78 is 10.7. The van der Waals surface area contributed by atoms with Gasteiger partial charge in [-0.15, -0.1) is 0 Å². The Balaban J connectivity index is 1.78. The molecule has 0 amide bonds. The largest absolute Gasteiger partial charge is 0.465 e. The fourth-order valence-corrected chi connectivity index (χ4v) is 3.10. The van der Waals surface area contributed by atoms with E-state index < -0.39 is 0 Å². The molecule has 1 aliphatic heterocycles. The molecule has 1 aromatic carbocycles. The first-order valence-electron chi connectivity index (χ1n) is 8.19. The monoisotopic (exact) mass is 314 g/mol. The summed E-state index contributed by atoms with van der Waals surface area (Å²) >= 11 is 0. The quantitative estimate of drug-likeness (QED) is 0.793. The van der Waals surface area contributed by atoms with Gasteiger partial charge in [-0.2, -0.15) is 0 Å². The zero-order valence-corrected chi connectivity index (χ0v) is 13.4. The van der Waals surface area contributed by atoms with Crippen molar-refractivity contribution >= 4 is 5.97 Å². The first-order chi connectivity index (χ1) is 11.3. The van der Waals surface area contributed by atoms with Gasteiger partial charge in [0.1, 0.15) is 6.04 Å². The number of nitrogens with zero attached hydrogens (tertiary/aromatic N) is 2. The van der Waals surface area contributed by atoms with E-state index in [1.807, 2.05) is 37.3 Å². The highest BCUT2D eigenvalue weighted by molar-refractivity contribution is 5.76. The number of likely N-dealkylation sites (tertiary alicyclic amines) is 1. The Morgan fingerprint density at radius 3 is 2.96 bits per heavy atom. The average molecular weight is 314 g/mol. The number of benzene rings is 1. The number of carbonyl (C=O) groups is 1. The maximum atomic E-state index is 12.2. The molecule has 0 aliphatic carbocycles. The third-order valence-electron chi connectivity index (χ3n) is 4.23. The average Bonchev–Trinajstić information content (AvgIpc) is 3.04. The first kappa shape index (κ1) is 15.7. The Kier molecular flexibility index (Phi) is 5.08. The number of carbonyl (C=O) groups excluding carboxylic acids is 1. The third kappa shape index (κ3) is 3.62. The summed E-state index contributed by atoms with van der Waals surface area (Å²) in [4.78, 5) is 14.4. The molecule has 1 atom stereocenters. The second-order valence-corrected chi connectivity index (χ2v) is 5.78. The van der Waals surface area contributed by atoms with E-state index in [0.29, 0.717) is 13.2 Å². The second kappa shape index (κ2) is 7.42. The highest BCUT2D eigenvalue weighted by Crippen LogP contribution is 2.27. The summed E-state index contributed by atoms with van der Waals surface area (Å²) in [5, 5.41) is 3.95. The topological polar surface area (TPSA) is 55.6 Å². The lowest BCUT2D eigenvalue weighted by atomic mass is 10.0. The molecule has 23 heavy (non-hydrogen) atoms. The lowest BCUT2D eigenvalue weighted by Crippen LogP contribution is -2.44. The van der Waals surface area contributed by atoms with Gasteiger partial charge < -0.3 is 9.26 Å². The molecule has 0 spiro atoms. The molecule has 122 valence electrons. The lowest BCUT2D eigenvalue weighted by molar-refractivity contribution is -0.151. The molecule has 0 radical (unpaired) electrons. The first-order valence-corrected chi connectivity index (χ1v) is 8.19. The Morgan fingerprint density at radius 1 is 1.35 bits per heavy atom. The van der Waals surface area contributed by atoms with Crippen molar-refractivity contribution in [3.05, 3.63) is 42.1 Å². The third-order valence-corrected chi connectivity index (χ3v) is 4.23. The zero-order chi connectivity index (χ0) is 16.1. The SMILES string of the molecule is CCOC(=O)C1CCCCN1Cc1cnoc1-c1ccccc1. The molecule has 1 fully saturated rings. The van der Waals surface area contributed by atoms with Gasteiger partial charge in [0.15, 0.2) is 5.76 Å². The van der Waals surface area contributed by atoms with Crippen molar-refractivity contribution in [2.75, 3.05) is 13.2 Å². The number of rotatable bonds is 5. The minimum Gasteiger partial charge on any atom is -0.465 e. The van der Waals surface area contributed by atoms with Gasteiger partial charge in [-0.05, 0) is 26.3 Å². The number of esters is 1. The van der Waals surface area contributed by atoms with Crippen LogP contribution >= 0.6 is 0 Å². The number of piperidine rings is 1. The van der Waals surface area contributed by atoms with Gasteiger partial charge in [0.05, 0.1) is 12.8 Å². The minimum absolute atomic E-state index is 0.120. The van der Waals surface area contributed by atoms with E-state index in [4.69, 9.17) is 9.26 Å². The summed E-state index contributed by atoms with van der Waals surface area (Å²) in [6.45, 7) is 3.81. The maximum absolute atomic E-state index is 12.2. The Morgan fingerprint density at radius 2 is 2.17 bits per heavy atom. The summed E-state index contributed by atoms with van der Waals surface area (Å²) in [6.07, 6.45) is 4.76. The molecule has 0 bridgehead atoms. The van der Waals surface area contributed by atoms with Crippen LogP contribution in [-0.4, -0.2) is 35.2 Å². The van der Waals surface area contributed by atoms with Gasteiger partial charge in [0, 0.05) is 17.7 Å². The summed E-state index contributed by atoms with van der Waals surface area (Å²) in [7, 11) is 0. The van der Waals surface area contributed by atoms with Gasteiger partial charge in [-0.3, -0.25) is 9.69 Å². The van der Waals surface area contributed by atoms with E-state index in [1.165, 1.54) is 0 Å². The predicted octanol–water partition coefficient (Wildman–Crippen LogP) is 3.26. The fourth-order valence-electron chi connectivity index (χ4n) is 3.10. The number of hydrogen-bond donors (Lipinski definition) is 0. The number of aromatic nitrogens is 1. The van der Waals surface area contributed by atoms with Crippen molar-refractivity contribution in [2.45, 2.75) is 38.8 Å². The van der Waals surface area contributed by atoms with E-state index in [0.717, 1.165) is 42.7 Å². The van der Waals surface area contributed by atoms with Gasteiger partial charge in [-0.25, -0.2) is 0 Å². The van der Waals surface area contributed by atoms with Crippen LogP contribution < -0.4 is 0 Å². The Bertz CT molecular complexity index is 639. The van der Waals surface area contributed by atoms with Crippen LogP contribution in [0.2, 0.25) is 0 Å². The van der Waals surface area contributed by atoms with Crippen molar-refractivity contribution in [3.63, 3.8) is 0 Å². The fraction of sp³-hybridized carbons (Fsp3) is 0.444. The Labute approximate surface area is 136 Å². The standard InChI is InChI=1S/C18H22N2O3/c1-2-22-18(21)16-10-6-7-11-20(16)13-15-12-19-23-17(15)14-8-4-3-5-9-14/h3-5,8-9,12,16H,2,6-7,10-11,13H2,1H3. The molecule has 1 aromatic heterocycles. The molecule has 0 saturated carbocycles. The smallest absolute Gasteiger partial charge is 0.323 e. The van der Waals surface area contributed by atoms with E-state index in [2.05, 4.69) is 10.1 Å². The van der Waals surface area contributed by atoms with Crippen LogP contribution in [0.15, 0.2) is 41.1 Å². The maximum Gasteiger partial charge on any atom is 0.323 e. The molecule has 0 N–H and O–H groups in total. The van der Waals surface area contributed by atoms with Crippen LogP contribution in [-0.2, 0) is 16.1 Å². The van der Waals surface area contributed by atoms with Crippen molar-refractivity contribution in [2.24, 2.45) is 0 Å². The number of ether oxygens (including phenoxy) is 1. The van der Waals surface area contributed by atoms with Crippen LogP contribution in [0, 0.1) is 0 Å². The van der Waals surface area contributed by atoms with Crippen molar-refractivity contribution < 1.29 is 14.1 Å². The van der Waals surface area contributed by atoms with Crippen molar-refractivity contribution in [1.82, 2.24) is 10.1 Å². The molecular weight excluding hydrogens is 292 g/mol. The molecule has 3 rings (SSSR count). The highest BCUT2D eigenvalue weighted by atomic mass is 16.5. The lowest BCUT2D eigenvalue weighted by Gasteiger charge is -2.33. The van der Waals surface area contributed by atoms with Gasteiger partial charge in [-0.1, -0.05) is 41.9 Å². The second-order valence-electron chi connectivity index (χ2n) is 5.78. The van der Waals surface area contributed by atoms with Gasteiger partial charge in [0.25, 0.3) is 0 Å². The van der Waals surface area contributed by atoms with Crippen LogP contribution in [0.4, 0.5) is 0 Å². The van der Waals surface area contributed by atoms with Crippen molar-refractivity contribution in [3.8, 4) is 11.3 Å². The van der Waals surface area contributed by atoms with Gasteiger partial charge in [0.2, 0.25) is 0 Å². The zero-order valence-electron chi connectivity index (χ0n) is 13.4. The molecule has 1 unspecified atom stereocenters. The normalized spacial score (nSPS) is 18.7. The number of hydrogen-bond acceptors (Lipinski definition) is 5. The van der Waals surface area contributed by atoms with E-state index in [1.54, 1.807) is 6.20 Å². The van der Waals surface area contributed by atoms with Crippen molar-refractivity contribution in [1.29, 1.82) is 0 Å². The van der Waals surface area contributed by atoms with E-state index in [-0.39, 0.29) is 12.0 Å².